The normalized spacial score (nSPS) is 18.7. The zero-order chi connectivity index (χ0) is 13.1. The molecule has 0 aromatic carbocycles. The Hall–Kier alpha value is -1.68. The molecule has 1 fully saturated rings. The fraction of sp³-hybridized carbons (Fsp3) is 0.333. The van der Waals surface area contributed by atoms with Gasteiger partial charge in [-0.2, -0.15) is 0 Å². The van der Waals surface area contributed by atoms with Crippen LogP contribution >= 0.6 is 11.3 Å². The molecule has 4 heteroatoms. The van der Waals surface area contributed by atoms with Crippen LogP contribution in [0.25, 0.3) is 0 Å². The van der Waals surface area contributed by atoms with Crippen LogP contribution in [-0.4, -0.2) is 22.3 Å². The molecule has 1 aliphatic rings. The van der Waals surface area contributed by atoms with Gasteiger partial charge in [-0.25, -0.2) is 0 Å². The number of rotatable bonds is 3. The Morgan fingerprint density at radius 2 is 2.21 bits per heavy atom. The summed E-state index contributed by atoms with van der Waals surface area (Å²) in [5.41, 5.74) is 1.20. The van der Waals surface area contributed by atoms with Crippen molar-refractivity contribution >= 4 is 17.2 Å². The molecule has 2 aromatic rings. The van der Waals surface area contributed by atoms with Gasteiger partial charge in [0.2, 0.25) is 5.91 Å². The topological polar surface area (TPSA) is 33.2 Å². The minimum absolute atomic E-state index is 0.232. The van der Waals surface area contributed by atoms with Gasteiger partial charge < -0.3 is 4.90 Å². The molecule has 1 saturated heterocycles. The van der Waals surface area contributed by atoms with E-state index < -0.39 is 0 Å². The van der Waals surface area contributed by atoms with Crippen LogP contribution in [0.15, 0.2) is 42.0 Å². The molecule has 0 aliphatic carbocycles. The average molecular weight is 272 g/mol. The van der Waals surface area contributed by atoms with E-state index in [0.717, 1.165) is 24.3 Å². The van der Waals surface area contributed by atoms with Gasteiger partial charge in [-0.15, -0.1) is 11.3 Å². The number of nitrogens with zero attached hydrogens (tertiary/aromatic N) is 2. The van der Waals surface area contributed by atoms with Gasteiger partial charge in [0.25, 0.3) is 0 Å². The summed E-state index contributed by atoms with van der Waals surface area (Å²) >= 11 is 1.65. The van der Waals surface area contributed by atoms with Gasteiger partial charge in [-0.3, -0.25) is 9.78 Å². The van der Waals surface area contributed by atoms with Crippen molar-refractivity contribution in [2.75, 3.05) is 6.54 Å². The maximum Gasteiger partial charge on any atom is 0.228 e. The molecule has 19 heavy (non-hydrogen) atoms. The van der Waals surface area contributed by atoms with Crippen molar-refractivity contribution in [3.8, 4) is 0 Å². The molecule has 0 saturated carbocycles. The van der Waals surface area contributed by atoms with E-state index in [1.807, 2.05) is 34.5 Å². The van der Waals surface area contributed by atoms with Crippen LogP contribution in [0.5, 0.6) is 0 Å². The van der Waals surface area contributed by atoms with Crippen LogP contribution in [0, 0.1) is 0 Å². The van der Waals surface area contributed by atoms with Crippen LogP contribution in [0.1, 0.15) is 29.3 Å². The predicted molar refractivity (Wildman–Crippen MR) is 75.9 cm³/mol. The fourth-order valence-electron chi connectivity index (χ4n) is 2.66. The van der Waals surface area contributed by atoms with Gasteiger partial charge in [0.05, 0.1) is 12.5 Å². The Kier molecular flexibility index (Phi) is 3.60. The van der Waals surface area contributed by atoms with E-state index in [0.29, 0.717) is 6.42 Å². The highest BCUT2D eigenvalue weighted by atomic mass is 32.1. The van der Waals surface area contributed by atoms with Gasteiger partial charge in [-0.05, 0) is 42.0 Å². The first-order valence-electron chi connectivity index (χ1n) is 6.56. The number of likely N-dealkylation sites (tertiary alicyclic amines) is 1. The van der Waals surface area contributed by atoms with Crippen LogP contribution in [-0.2, 0) is 11.2 Å². The van der Waals surface area contributed by atoms with Crippen molar-refractivity contribution in [2.24, 2.45) is 0 Å². The van der Waals surface area contributed by atoms with Crippen molar-refractivity contribution in [3.05, 3.63) is 52.5 Å². The SMILES string of the molecule is O=C(Cc1cccs1)N1CCCC1c1ccncc1. The number of hydrogen-bond donors (Lipinski definition) is 0. The lowest BCUT2D eigenvalue weighted by Gasteiger charge is -2.24. The highest BCUT2D eigenvalue weighted by Crippen LogP contribution is 2.32. The summed E-state index contributed by atoms with van der Waals surface area (Å²) in [6, 6.07) is 8.29. The van der Waals surface area contributed by atoms with Crippen molar-refractivity contribution in [1.29, 1.82) is 0 Å². The molecular weight excluding hydrogens is 256 g/mol. The Labute approximate surface area is 116 Å². The lowest BCUT2D eigenvalue weighted by molar-refractivity contribution is -0.131. The maximum atomic E-state index is 12.4. The van der Waals surface area contributed by atoms with Gasteiger partial charge in [0.15, 0.2) is 0 Å². The Balaban J connectivity index is 1.74. The lowest BCUT2D eigenvalue weighted by atomic mass is 10.1. The molecule has 1 unspecified atom stereocenters. The van der Waals surface area contributed by atoms with E-state index in [-0.39, 0.29) is 11.9 Å². The summed E-state index contributed by atoms with van der Waals surface area (Å²) in [6.07, 6.45) is 6.27. The van der Waals surface area contributed by atoms with Gasteiger partial charge in [0.1, 0.15) is 0 Å². The molecule has 1 aliphatic heterocycles. The van der Waals surface area contributed by atoms with Crippen LogP contribution in [0.2, 0.25) is 0 Å². The van der Waals surface area contributed by atoms with E-state index in [2.05, 4.69) is 4.98 Å². The maximum absolute atomic E-state index is 12.4. The Morgan fingerprint density at radius 1 is 1.37 bits per heavy atom. The molecule has 3 heterocycles. The molecule has 3 nitrogen and oxygen atoms in total. The van der Waals surface area contributed by atoms with Gasteiger partial charge in [-0.1, -0.05) is 6.07 Å². The quantitative estimate of drug-likeness (QED) is 0.860. The molecule has 98 valence electrons. The number of pyridine rings is 1. The van der Waals surface area contributed by atoms with Crippen molar-refractivity contribution in [1.82, 2.24) is 9.88 Å². The first-order chi connectivity index (χ1) is 9.34. The number of carbonyl (C=O) groups excluding carboxylic acids is 1. The summed E-state index contributed by atoms with van der Waals surface area (Å²) in [5, 5.41) is 2.02. The van der Waals surface area contributed by atoms with E-state index in [1.165, 1.54) is 5.56 Å². The molecule has 0 N–H and O–H groups in total. The molecule has 1 atom stereocenters. The molecular formula is C15H16N2OS. The van der Waals surface area contributed by atoms with Gasteiger partial charge in [0, 0.05) is 23.8 Å². The van der Waals surface area contributed by atoms with Crippen molar-refractivity contribution in [2.45, 2.75) is 25.3 Å². The summed E-state index contributed by atoms with van der Waals surface area (Å²) in [7, 11) is 0. The highest BCUT2D eigenvalue weighted by Gasteiger charge is 2.29. The molecule has 3 rings (SSSR count). The first kappa shape index (κ1) is 12.4. The third-order valence-electron chi connectivity index (χ3n) is 3.57. The first-order valence-corrected chi connectivity index (χ1v) is 7.44. The third kappa shape index (κ3) is 2.68. The molecule has 0 spiro atoms. The zero-order valence-corrected chi connectivity index (χ0v) is 11.5. The number of amides is 1. The van der Waals surface area contributed by atoms with Crippen LogP contribution in [0.4, 0.5) is 0 Å². The number of carbonyl (C=O) groups is 1. The smallest absolute Gasteiger partial charge is 0.228 e. The average Bonchev–Trinajstić information content (AvgIpc) is 3.10. The minimum Gasteiger partial charge on any atom is -0.335 e. The second-order valence-electron chi connectivity index (χ2n) is 4.78. The molecule has 2 aromatic heterocycles. The lowest BCUT2D eigenvalue weighted by Crippen LogP contribution is -2.31. The number of hydrogen-bond acceptors (Lipinski definition) is 3. The van der Waals surface area contributed by atoms with E-state index in [4.69, 9.17) is 0 Å². The van der Waals surface area contributed by atoms with Crippen LogP contribution in [0.3, 0.4) is 0 Å². The highest BCUT2D eigenvalue weighted by molar-refractivity contribution is 7.10. The summed E-state index contributed by atoms with van der Waals surface area (Å²) in [4.78, 5) is 19.6. The van der Waals surface area contributed by atoms with Crippen LogP contribution < -0.4 is 0 Å². The van der Waals surface area contributed by atoms with Gasteiger partial charge >= 0.3 is 0 Å². The molecule has 0 bridgehead atoms. The van der Waals surface area contributed by atoms with E-state index >= 15 is 0 Å². The molecule has 0 radical (unpaired) electrons. The standard InChI is InChI=1S/C15H16N2OS/c18-15(11-13-3-2-10-19-13)17-9-1-4-14(17)12-5-7-16-8-6-12/h2-3,5-8,10,14H,1,4,9,11H2. The second kappa shape index (κ2) is 5.53. The molecule has 1 amide bonds. The summed E-state index contributed by atoms with van der Waals surface area (Å²) < 4.78 is 0. The van der Waals surface area contributed by atoms with E-state index in [1.54, 1.807) is 23.7 Å². The fourth-order valence-corrected chi connectivity index (χ4v) is 3.36. The second-order valence-corrected chi connectivity index (χ2v) is 5.81. The van der Waals surface area contributed by atoms with Crippen molar-refractivity contribution in [3.63, 3.8) is 0 Å². The third-order valence-corrected chi connectivity index (χ3v) is 4.45. The monoisotopic (exact) mass is 272 g/mol. The Morgan fingerprint density at radius 3 is 2.95 bits per heavy atom. The largest absolute Gasteiger partial charge is 0.335 e. The summed E-state index contributed by atoms with van der Waals surface area (Å²) in [6.45, 7) is 0.872. The Bertz CT molecular complexity index is 539. The number of aromatic nitrogens is 1. The zero-order valence-electron chi connectivity index (χ0n) is 10.7. The van der Waals surface area contributed by atoms with Crippen molar-refractivity contribution < 1.29 is 4.79 Å². The summed E-state index contributed by atoms with van der Waals surface area (Å²) in [5.74, 6) is 0.238. The number of thiophene rings is 1. The minimum atomic E-state index is 0.232. The van der Waals surface area contributed by atoms with E-state index in [9.17, 15) is 4.79 Å². The predicted octanol–water partition coefficient (Wildman–Crippen LogP) is 3.05.